The highest BCUT2D eigenvalue weighted by Crippen LogP contribution is 2.34. The van der Waals surface area contributed by atoms with Gasteiger partial charge in [0.15, 0.2) is 0 Å². The highest BCUT2D eigenvalue weighted by Gasteiger charge is 2.39. The van der Waals surface area contributed by atoms with Crippen LogP contribution in [0.4, 0.5) is 0 Å². The van der Waals surface area contributed by atoms with Crippen LogP contribution in [0.15, 0.2) is 72.3 Å². The molecule has 1 saturated heterocycles. The van der Waals surface area contributed by atoms with Gasteiger partial charge in [-0.15, -0.1) is 0 Å². The first-order chi connectivity index (χ1) is 20.2. The summed E-state index contributed by atoms with van der Waals surface area (Å²) >= 11 is 6.38. The molecule has 0 spiro atoms. The number of hydrogen-bond donors (Lipinski definition) is 1. The van der Waals surface area contributed by atoms with E-state index in [1.807, 2.05) is 54.1 Å². The molecule has 7 heteroatoms. The van der Waals surface area contributed by atoms with Crippen LogP contribution < -0.4 is 10.1 Å². The summed E-state index contributed by atoms with van der Waals surface area (Å²) in [5.41, 5.74) is 7.57. The van der Waals surface area contributed by atoms with Gasteiger partial charge in [-0.1, -0.05) is 66.2 Å². The smallest absolute Gasteiger partial charge is 0.251 e. The number of fused-ring (bicyclic) bond motifs is 2. The number of carbonyl (C=O) groups is 2. The fourth-order valence-corrected chi connectivity index (χ4v) is 6.16. The van der Waals surface area contributed by atoms with Crippen LogP contribution in [0.1, 0.15) is 41.2 Å². The summed E-state index contributed by atoms with van der Waals surface area (Å²) in [6.45, 7) is 7.99. The van der Waals surface area contributed by atoms with E-state index >= 15 is 0 Å². The van der Waals surface area contributed by atoms with E-state index in [0.717, 1.165) is 46.2 Å². The lowest BCUT2D eigenvalue weighted by atomic mass is 9.82. The third-order valence-corrected chi connectivity index (χ3v) is 8.80. The van der Waals surface area contributed by atoms with Crippen LogP contribution in [-0.4, -0.2) is 67.0 Å². The summed E-state index contributed by atoms with van der Waals surface area (Å²) in [7, 11) is 1.87. The molecule has 3 aromatic rings. The maximum absolute atomic E-state index is 14.0. The Labute approximate surface area is 254 Å². The van der Waals surface area contributed by atoms with Crippen LogP contribution in [-0.2, 0) is 22.4 Å². The number of amides is 2. The Morgan fingerprint density at radius 3 is 2.38 bits per heavy atom. The van der Waals surface area contributed by atoms with Crippen molar-refractivity contribution in [3.63, 3.8) is 0 Å². The first-order valence-electron chi connectivity index (χ1n) is 14.7. The van der Waals surface area contributed by atoms with Crippen molar-refractivity contribution in [1.29, 1.82) is 0 Å². The number of nitrogens with zero attached hydrogens (tertiary/aromatic N) is 2. The molecule has 220 valence electrons. The van der Waals surface area contributed by atoms with E-state index in [2.05, 4.69) is 48.6 Å². The Hall–Kier alpha value is -3.61. The van der Waals surface area contributed by atoms with Crippen molar-refractivity contribution in [3.05, 3.63) is 105 Å². The zero-order valence-electron chi connectivity index (χ0n) is 25.0. The van der Waals surface area contributed by atoms with E-state index in [9.17, 15) is 9.59 Å². The molecule has 5 rings (SSSR count). The van der Waals surface area contributed by atoms with Gasteiger partial charge in [-0.25, -0.2) is 0 Å². The summed E-state index contributed by atoms with van der Waals surface area (Å²) in [5, 5.41) is 4.27. The molecule has 2 amide bonds. The van der Waals surface area contributed by atoms with E-state index in [-0.39, 0.29) is 23.9 Å². The normalized spacial score (nSPS) is 18.2. The van der Waals surface area contributed by atoms with Crippen molar-refractivity contribution in [2.24, 2.45) is 0 Å². The van der Waals surface area contributed by atoms with Gasteiger partial charge in [0.25, 0.3) is 5.91 Å². The van der Waals surface area contributed by atoms with Crippen molar-refractivity contribution < 1.29 is 14.3 Å². The average Bonchev–Trinajstić information content (AvgIpc) is 2.98. The zero-order valence-corrected chi connectivity index (χ0v) is 25.7. The van der Waals surface area contributed by atoms with Crippen LogP contribution in [0.5, 0.6) is 5.75 Å². The Bertz CT molecular complexity index is 1470. The lowest BCUT2D eigenvalue weighted by molar-refractivity contribution is -0.132. The van der Waals surface area contributed by atoms with Gasteiger partial charge in [-0.3, -0.25) is 9.59 Å². The quantitative estimate of drug-likeness (QED) is 0.354. The highest BCUT2D eigenvalue weighted by atomic mass is 35.5. The first-order valence-corrected chi connectivity index (χ1v) is 15.1. The van der Waals surface area contributed by atoms with E-state index in [1.54, 1.807) is 6.92 Å². The lowest BCUT2D eigenvalue weighted by Gasteiger charge is -2.44. The van der Waals surface area contributed by atoms with Crippen molar-refractivity contribution in [2.45, 2.75) is 52.1 Å². The van der Waals surface area contributed by atoms with Crippen molar-refractivity contribution in [3.8, 4) is 5.75 Å². The number of likely N-dealkylation sites (N-methyl/N-ethyl adjacent to an activating group) is 1. The highest BCUT2D eigenvalue weighted by molar-refractivity contribution is 6.32. The van der Waals surface area contributed by atoms with Crippen molar-refractivity contribution >= 4 is 29.0 Å². The van der Waals surface area contributed by atoms with Crippen LogP contribution in [0, 0.1) is 13.8 Å². The summed E-state index contributed by atoms with van der Waals surface area (Å²) < 4.78 is 6.00. The molecule has 42 heavy (non-hydrogen) atoms. The van der Waals surface area contributed by atoms with E-state index in [4.69, 9.17) is 16.3 Å². The molecule has 2 aliphatic rings. The van der Waals surface area contributed by atoms with Gasteiger partial charge in [-0.05, 0) is 72.2 Å². The number of hydrogen-bond acceptors (Lipinski definition) is 4. The molecular weight excluding hydrogens is 546 g/mol. The molecule has 0 unspecified atom stereocenters. The molecule has 2 atom stereocenters. The number of carbonyl (C=O) groups excluding carboxylic acids is 2. The fraction of sp³-hybridized carbons (Fsp3) is 0.371. The summed E-state index contributed by atoms with van der Waals surface area (Å²) in [6, 6.07) is 22.6. The number of ether oxygens (including phenoxy) is 1. The number of nitrogens with one attached hydrogen (secondary N) is 1. The van der Waals surface area contributed by atoms with Gasteiger partial charge in [0.1, 0.15) is 5.75 Å². The predicted octanol–water partition coefficient (Wildman–Crippen LogP) is 5.63. The monoisotopic (exact) mass is 585 g/mol. The van der Waals surface area contributed by atoms with Gasteiger partial charge >= 0.3 is 0 Å². The third-order valence-electron chi connectivity index (χ3n) is 8.50. The van der Waals surface area contributed by atoms with Crippen LogP contribution in [0.25, 0.3) is 5.57 Å². The number of piperazine rings is 1. The SMILES string of the molecule is CC(=O)N1C[C@H]2CC(c3ccc(CCOc4cc(C)c(C)cc4Cl)cc3)=C(C(=O)N(C)CCc3ccccc3)[C@@H](C1)N2. The van der Waals surface area contributed by atoms with Gasteiger partial charge in [0, 0.05) is 51.6 Å². The number of benzene rings is 3. The molecule has 1 N–H and O–H groups in total. The molecule has 3 aromatic carbocycles. The summed E-state index contributed by atoms with van der Waals surface area (Å²) in [6.07, 6.45) is 2.23. The topological polar surface area (TPSA) is 61.9 Å². The molecule has 2 bridgehead atoms. The first kappa shape index (κ1) is 29.9. The van der Waals surface area contributed by atoms with Gasteiger partial charge < -0.3 is 19.9 Å². The van der Waals surface area contributed by atoms with E-state index in [0.29, 0.717) is 43.4 Å². The molecule has 0 saturated carbocycles. The maximum Gasteiger partial charge on any atom is 0.251 e. The summed E-state index contributed by atoms with van der Waals surface area (Å²) in [4.78, 5) is 30.0. The van der Waals surface area contributed by atoms with Crippen LogP contribution in [0.2, 0.25) is 5.02 Å². The van der Waals surface area contributed by atoms with E-state index < -0.39 is 0 Å². The van der Waals surface area contributed by atoms with Crippen LogP contribution >= 0.6 is 11.6 Å². The minimum Gasteiger partial charge on any atom is -0.492 e. The largest absolute Gasteiger partial charge is 0.492 e. The standard InChI is InChI=1S/C35H40ClN3O3/c1-23-18-31(36)33(19-24(23)2)42-17-15-27-10-12-28(13-11-27)30-20-29-21-39(25(3)40)22-32(37-29)34(30)35(41)38(4)16-14-26-8-6-5-7-9-26/h5-13,18-19,29,32,37H,14-17,20-22H2,1-4H3/t29-,32-/m1/s1. The third kappa shape index (κ3) is 6.88. The van der Waals surface area contributed by atoms with Crippen molar-refractivity contribution in [2.75, 3.05) is 33.3 Å². The molecule has 0 radical (unpaired) electrons. The Morgan fingerprint density at radius 2 is 1.67 bits per heavy atom. The molecule has 0 aromatic heterocycles. The van der Waals surface area contributed by atoms with Crippen LogP contribution in [0.3, 0.4) is 0 Å². The van der Waals surface area contributed by atoms with E-state index in [1.165, 1.54) is 5.56 Å². The number of aryl methyl sites for hydroxylation is 2. The summed E-state index contributed by atoms with van der Waals surface area (Å²) in [5.74, 6) is 0.778. The fourth-order valence-electron chi connectivity index (χ4n) is 5.89. The Kier molecular flexibility index (Phi) is 9.34. The maximum atomic E-state index is 14.0. The van der Waals surface area contributed by atoms with Crippen molar-refractivity contribution in [1.82, 2.24) is 15.1 Å². The predicted molar refractivity (Wildman–Crippen MR) is 169 cm³/mol. The second-order valence-electron chi connectivity index (χ2n) is 11.6. The molecular formula is C35H40ClN3O3. The van der Waals surface area contributed by atoms with Gasteiger partial charge in [0.2, 0.25) is 5.91 Å². The average molecular weight is 586 g/mol. The minimum atomic E-state index is -0.195. The Balaban J connectivity index is 1.34. The molecule has 1 fully saturated rings. The Morgan fingerprint density at radius 1 is 0.976 bits per heavy atom. The zero-order chi connectivity index (χ0) is 29.8. The minimum absolute atomic E-state index is 0.0185. The van der Waals surface area contributed by atoms with Gasteiger partial charge in [-0.2, -0.15) is 0 Å². The number of rotatable bonds is 9. The van der Waals surface area contributed by atoms with Gasteiger partial charge in [0.05, 0.1) is 17.7 Å². The molecule has 2 aliphatic heterocycles. The molecule has 2 heterocycles. The second-order valence-corrected chi connectivity index (χ2v) is 12.0. The number of halogens is 1. The molecule has 6 nitrogen and oxygen atoms in total. The lowest BCUT2D eigenvalue weighted by Crippen LogP contribution is -2.61. The molecule has 0 aliphatic carbocycles. The second kappa shape index (κ2) is 13.1.